The maximum Gasteiger partial charge on any atom is 0.311 e. The highest BCUT2D eigenvalue weighted by atomic mass is 16.5. The molecule has 0 heterocycles. The molecule has 0 fully saturated rings. The second-order valence-corrected chi connectivity index (χ2v) is 3.82. The van der Waals surface area contributed by atoms with Crippen molar-refractivity contribution in [2.24, 2.45) is 0 Å². The van der Waals surface area contributed by atoms with Crippen molar-refractivity contribution in [2.45, 2.75) is 26.4 Å². The summed E-state index contributed by atoms with van der Waals surface area (Å²) in [6.45, 7) is 2.94. The minimum Gasteiger partial charge on any atom is -0.447 e. The molecule has 5 heteroatoms. The number of carbonyl (C=O) groups excluding carboxylic acids is 2. The molecule has 0 unspecified atom stereocenters. The third-order valence-corrected chi connectivity index (χ3v) is 2.11. The zero-order chi connectivity index (χ0) is 13.5. The molecule has 0 spiro atoms. The number of rotatable bonds is 4. The summed E-state index contributed by atoms with van der Waals surface area (Å²) in [6, 6.07) is 8.69. The third-order valence-electron chi connectivity index (χ3n) is 2.11. The lowest BCUT2D eigenvalue weighted by atomic mass is 10.1. The third kappa shape index (κ3) is 4.66. The quantitative estimate of drug-likeness (QED) is 0.819. The molecule has 0 saturated heterocycles. The smallest absolute Gasteiger partial charge is 0.311 e. The summed E-state index contributed by atoms with van der Waals surface area (Å²) in [5.74, 6) is -0.596. The highest BCUT2D eigenvalue weighted by Gasteiger charge is 2.09. The fraction of sp³-hybridized carbons (Fsp3) is 0.308. The van der Waals surface area contributed by atoms with Crippen molar-refractivity contribution < 1.29 is 14.3 Å². The molecule has 1 atom stereocenters. The van der Waals surface area contributed by atoms with Crippen LogP contribution in [-0.4, -0.2) is 18.0 Å². The number of nitrogens with one attached hydrogen (secondary N) is 1. The number of nitrogens with zero attached hydrogens (tertiary/aromatic N) is 1. The van der Waals surface area contributed by atoms with Crippen LogP contribution in [0.1, 0.15) is 19.4 Å². The van der Waals surface area contributed by atoms with Gasteiger partial charge in [-0.2, -0.15) is 5.26 Å². The Kier molecular flexibility index (Phi) is 4.88. The number of ether oxygens (including phenoxy) is 1. The Labute approximate surface area is 105 Å². The molecule has 0 saturated carbocycles. The number of amides is 1. The molecule has 0 radical (unpaired) electrons. The average molecular weight is 246 g/mol. The van der Waals surface area contributed by atoms with E-state index >= 15 is 0 Å². The van der Waals surface area contributed by atoms with E-state index in [1.165, 1.54) is 13.8 Å². The van der Waals surface area contributed by atoms with Crippen molar-refractivity contribution in [1.29, 1.82) is 5.26 Å². The number of hydrogen-bond donors (Lipinski definition) is 1. The second-order valence-electron chi connectivity index (χ2n) is 3.82. The first-order valence-electron chi connectivity index (χ1n) is 5.47. The molecule has 1 aromatic carbocycles. The SMILES string of the molecule is CC(=O)Nc1ccc(CC(=O)O[C@H](C)C#N)cc1. The van der Waals surface area contributed by atoms with Gasteiger partial charge in [0, 0.05) is 12.6 Å². The van der Waals surface area contributed by atoms with Crippen LogP contribution >= 0.6 is 0 Å². The van der Waals surface area contributed by atoms with Crippen LogP contribution in [0.5, 0.6) is 0 Å². The molecule has 1 N–H and O–H groups in total. The van der Waals surface area contributed by atoms with E-state index in [1.54, 1.807) is 24.3 Å². The minimum absolute atomic E-state index is 0.104. The highest BCUT2D eigenvalue weighted by molar-refractivity contribution is 5.88. The van der Waals surface area contributed by atoms with Gasteiger partial charge in [-0.1, -0.05) is 12.1 Å². The fourth-order valence-electron chi connectivity index (χ4n) is 1.34. The van der Waals surface area contributed by atoms with Crippen LogP contribution in [0, 0.1) is 11.3 Å². The molecule has 1 amide bonds. The second kappa shape index (κ2) is 6.40. The first-order chi connectivity index (χ1) is 8.51. The molecule has 94 valence electrons. The van der Waals surface area contributed by atoms with Gasteiger partial charge < -0.3 is 10.1 Å². The van der Waals surface area contributed by atoms with Gasteiger partial charge in [0.15, 0.2) is 6.10 Å². The lowest BCUT2D eigenvalue weighted by molar-refractivity contribution is -0.145. The van der Waals surface area contributed by atoms with E-state index in [2.05, 4.69) is 5.32 Å². The largest absolute Gasteiger partial charge is 0.447 e. The van der Waals surface area contributed by atoms with Gasteiger partial charge in [0.1, 0.15) is 6.07 Å². The van der Waals surface area contributed by atoms with E-state index in [4.69, 9.17) is 10.00 Å². The maximum atomic E-state index is 11.4. The summed E-state index contributed by atoms with van der Waals surface area (Å²) in [5, 5.41) is 11.1. The zero-order valence-corrected chi connectivity index (χ0v) is 10.3. The van der Waals surface area contributed by atoms with Gasteiger partial charge in [-0.3, -0.25) is 9.59 Å². The van der Waals surface area contributed by atoms with Gasteiger partial charge >= 0.3 is 5.97 Å². The Morgan fingerprint density at radius 1 is 1.39 bits per heavy atom. The normalized spacial score (nSPS) is 11.2. The van der Waals surface area contributed by atoms with Gasteiger partial charge in [-0.15, -0.1) is 0 Å². The summed E-state index contributed by atoms with van der Waals surface area (Å²) in [5.41, 5.74) is 1.43. The molecule has 18 heavy (non-hydrogen) atoms. The number of esters is 1. The van der Waals surface area contributed by atoms with Gasteiger partial charge in [0.25, 0.3) is 0 Å². The Balaban J connectivity index is 2.56. The monoisotopic (exact) mass is 246 g/mol. The summed E-state index contributed by atoms with van der Waals surface area (Å²) in [6.07, 6.45) is -0.636. The minimum atomic E-state index is -0.740. The van der Waals surface area contributed by atoms with Crippen molar-refractivity contribution in [3.05, 3.63) is 29.8 Å². The number of anilines is 1. The van der Waals surface area contributed by atoms with Crippen LogP contribution in [-0.2, 0) is 20.7 Å². The van der Waals surface area contributed by atoms with Crippen molar-refractivity contribution in [3.63, 3.8) is 0 Å². The Morgan fingerprint density at radius 3 is 2.50 bits per heavy atom. The van der Waals surface area contributed by atoms with E-state index in [-0.39, 0.29) is 12.3 Å². The molecule has 0 aliphatic heterocycles. The molecule has 1 aromatic rings. The molecular formula is C13H14N2O3. The zero-order valence-electron chi connectivity index (χ0n) is 10.3. The lowest BCUT2D eigenvalue weighted by Crippen LogP contribution is -2.15. The van der Waals surface area contributed by atoms with Gasteiger partial charge in [0.05, 0.1) is 6.42 Å². The van der Waals surface area contributed by atoms with Gasteiger partial charge in [0.2, 0.25) is 5.91 Å². The number of nitriles is 1. The van der Waals surface area contributed by atoms with E-state index in [0.29, 0.717) is 5.69 Å². The van der Waals surface area contributed by atoms with Crippen molar-refractivity contribution in [2.75, 3.05) is 5.32 Å². The molecule has 0 bridgehead atoms. The predicted molar refractivity (Wildman–Crippen MR) is 65.6 cm³/mol. The Hall–Kier alpha value is -2.35. The van der Waals surface area contributed by atoms with E-state index in [9.17, 15) is 9.59 Å². The van der Waals surface area contributed by atoms with Crippen LogP contribution < -0.4 is 5.32 Å². The number of benzene rings is 1. The molecule has 0 aliphatic carbocycles. The topological polar surface area (TPSA) is 79.2 Å². The van der Waals surface area contributed by atoms with Gasteiger partial charge in [-0.05, 0) is 24.6 Å². The van der Waals surface area contributed by atoms with Crippen LogP contribution in [0.15, 0.2) is 24.3 Å². The average Bonchev–Trinajstić information content (AvgIpc) is 2.30. The predicted octanol–water partition coefficient (Wildman–Crippen LogP) is 1.64. The first kappa shape index (κ1) is 13.7. The summed E-state index contributed by atoms with van der Waals surface area (Å²) in [4.78, 5) is 22.2. The molecule has 5 nitrogen and oxygen atoms in total. The summed E-state index contributed by atoms with van der Waals surface area (Å²) in [7, 11) is 0. The van der Waals surface area contributed by atoms with Crippen LogP contribution in [0.3, 0.4) is 0 Å². The summed E-state index contributed by atoms with van der Waals surface area (Å²) >= 11 is 0. The standard InChI is InChI=1S/C13H14N2O3/c1-9(8-14)18-13(17)7-11-3-5-12(6-4-11)15-10(2)16/h3-6,9H,7H2,1-2H3,(H,15,16)/t9-/m1/s1. The lowest BCUT2D eigenvalue weighted by Gasteiger charge is -2.07. The van der Waals surface area contributed by atoms with E-state index < -0.39 is 12.1 Å². The van der Waals surface area contributed by atoms with E-state index in [1.807, 2.05) is 6.07 Å². The number of hydrogen-bond acceptors (Lipinski definition) is 4. The first-order valence-corrected chi connectivity index (χ1v) is 5.47. The molecule has 0 aliphatic rings. The maximum absolute atomic E-state index is 11.4. The van der Waals surface area contributed by atoms with Crippen LogP contribution in [0.25, 0.3) is 0 Å². The van der Waals surface area contributed by atoms with Crippen LogP contribution in [0.2, 0.25) is 0 Å². The molecule has 1 rings (SSSR count). The fourth-order valence-corrected chi connectivity index (χ4v) is 1.34. The molecule has 0 aromatic heterocycles. The Bertz CT molecular complexity index is 474. The van der Waals surface area contributed by atoms with Crippen LogP contribution in [0.4, 0.5) is 5.69 Å². The molecular weight excluding hydrogens is 232 g/mol. The van der Waals surface area contributed by atoms with Crippen molar-refractivity contribution in [3.8, 4) is 6.07 Å². The Morgan fingerprint density at radius 2 is 2.00 bits per heavy atom. The highest BCUT2D eigenvalue weighted by Crippen LogP contribution is 2.10. The van der Waals surface area contributed by atoms with Crippen molar-refractivity contribution in [1.82, 2.24) is 0 Å². The summed E-state index contributed by atoms with van der Waals surface area (Å²) < 4.78 is 4.83. The van der Waals surface area contributed by atoms with E-state index in [0.717, 1.165) is 5.56 Å². The number of carbonyl (C=O) groups is 2. The van der Waals surface area contributed by atoms with Crippen molar-refractivity contribution >= 4 is 17.6 Å². The van der Waals surface area contributed by atoms with Gasteiger partial charge in [-0.25, -0.2) is 0 Å².